The van der Waals surface area contributed by atoms with Crippen LogP contribution in [0.2, 0.25) is 0 Å². The van der Waals surface area contributed by atoms with Gasteiger partial charge in [-0.3, -0.25) is 4.79 Å². The van der Waals surface area contributed by atoms with E-state index in [9.17, 15) is 17.6 Å². The molecule has 1 aromatic carbocycles. The zero-order chi connectivity index (χ0) is 20.6. The fourth-order valence-corrected chi connectivity index (χ4v) is 5.71. The summed E-state index contributed by atoms with van der Waals surface area (Å²) in [6, 6.07) is 5.00. The molecule has 1 fully saturated rings. The summed E-state index contributed by atoms with van der Waals surface area (Å²) < 4.78 is 42.1. The Morgan fingerprint density at radius 2 is 2.17 bits per heavy atom. The van der Waals surface area contributed by atoms with E-state index in [-0.39, 0.29) is 10.0 Å². The van der Waals surface area contributed by atoms with Crippen molar-refractivity contribution in [1.29, 1.82) is 0 Å². The van der Waals surface area contributed by atoms with Crippen molar-refractivity contribution in [3.05, 3.63) is 52.6 Å². The summed E-state index contributed by atoms with van der Waals surface area (Å²) in [5.74, 6) is -1.00. The van der Waals surface area contributed by atoms with Crippen LogP contribution in [-0.2, 0) is 17.1 Å². The fourth-order valence-electron chi connectivity index (χ4n) is 3.13. The molecule has 1 aliphatic heterocycles. The van der Waals surface area contributed by atoms with Gasteiger partial charge in [-0.2, -0.15) is 4.31 Å². The fraction of sp³-hybridized carbons (Fsp3) is 0.294. The normalized spacial score (nSPS) is 17.5. The summed E-state index contributed by atoms with van der Waals surface area (Å²) in [4.78, 5) is 16.3. The third-order valence-corrected chi connectivity index (χ3v) is 7.28. The maximum absolute atomic E-state index is 13.3. The highest BCUT2D eigenvalue weighted by molar-refractivity contribution is 7.89. The van der Waals surface area contributed by atoms with Crippen LogP contribution in [0.4, 0.5) is 10.1 Å². The van der Waals surface area contributed by atoms with E-state index in [1.54, 1.807) is 17.7 Å². The summed E-state index contributed by atoms with van der Waals surface area (Å²) in [6.07, 6.45) is 4.12. The number of rotatable bonds is 5. The van der Waals surface area contributed by atoms with Crippen molar-refractivity contribution in [2.24, 2.45) is 7.05 Å². The van der Waals surface area contributed by atoms with Crippen molar-refractivity contribution in [2.75, 3.05) is 11.9 Å². The molecule has 29 heavy (non-hydrogen) atoms. The lowest BCUT2D eigenvalue weighted by atomic mass is 10.2. The molecule has 3 aromatic rings. The van der Waals surface area contributed by atoms with Crippen molar-refractivity contribution in [3.8, 4) is 0 Å². The van der Waals surface area contributed by atoms with Gasteiger partial charge in [-0.1, -0.05) is 17.4 Å². The van der Waals surface area contributed by atoms with Crippen molar-refractivity contribution in [2.45, 2.75) is 23.9 Å². The second-order valence-electron chi connectivity index (χ2n) is 6.56. The molecular weight excluding hydrogens is 419 g/mol. The molecule has 0 saturated carbocycles. The maximum Gasteiger partial charge on any atom is 0.286 e. The number of imidazole rings is 1. The van der Waals surface area contributed by atoms with Gasteiger partial charge in [0.2, 0.25) is 5.01 Å². The zero-order valence-electron chi connectivity index (χ0n) is 15.3. The number of amides is 1. The topological polar surface area (TPSA) is 110 Å². The van der Waals surface area contributed by atoms with E-state index in [0.717, 1.165) is 11.3 Å². The molecule has 1 amide bonds. The number of sulfonamides is 1. The lowest BCUT2D eigenvalue weighted by molar-refractivity contribution is 0.102. The van der Waals surface area contributed by atoms with Gasteiger partial charge in [-0.05, 0) is 31.0 Å². The van der Waals surface area contributed by atoms with E-state index in [4.69, 9.17) is 0 Å². The second-order valence-corrected chi connectivity index (χ2v) is 9.41. The number of halogens is 1. The number of hydrogen-bond donors (Lipinski definition) is 1. The molecule has 3 heterocycles. The lowest BCUT2D eigenvalue weighted by Gasteiger charge is -2.20. The summed E-state index contributed by atoms with van der Waals surface area (Å²) in [5.41, 5.74) is 0.298. The zero-order valence-corrected chi connectivity index (χ0v) is 17.0. The number of carbonyl (C=O) groups excluding carboxylic acids is 1. The number of aromatic nitrogens is 4. The molecule has 1 saturated heterocycles. The third-order valence-electron chi connectivity index (χ3n) is 4.46. The summed E-state index contributed by atoms with van der Waals surface area (Å²) in [5, 5.41) is 11.0. The van der Waals surface area contributed by atoms with E-state index in [2.05, 4.69) is 20.5 Å². The van der Waals surface area contributed by atoms with Crippen LogP contribution >= 0.6 is 11.3 Å². The van der Waals surface area contributed by atoms with E-state index >= 15 is 0 Å². The second kappa shape index (κ2) is 7.61. The van der Waals surface area contributed by atoms with Gasteiger partial charge >= 0.3 is 0 Å². The Morgan fingerprint density at radius 3 is 2.90 bits per heavy atom. The predicted octanol–water partition coefficient (Wildman–Crippen LogP) is 2.19. The average molecular weight is 436 g/mol. The van der Waals surface area contributed by atoms with Crippen molar-refractivity contribution in [3.63, 3.8) is 0 Å². The first-order chi connectivity index (χ1) is 13.8. The first-order valence-corrected chi connectivity index (χ1v) is 11.0. The van der Waals surface area contributed by atoms with Gasteiger partial charge in [0.15, 0.2) is 5.03 Å². The molecule has 0 radical (unpaired) electrons. The van der Waals surface area contributed by atoms with Crippen LogP contribution in [0.15, 0.2) is 41.8 Å². The molecule has 12 heteroatoms. The number of aryl methyl sites for hydroxylation is 1. The smallest absolute Gasteiger partial charge is 0.286 e. The van der Waals surface area contributed by atoms with Gasteiger partial charge in [0.25, 0.3) is 15.9 Å². The molecule has 1 N–H and O–H groups in total. The van der Waals surface area contributed by atoms with Crippen molar-refractivity contribution in [1.82, 2.24) is 24.1 Å². The van der Waals surface area contributed by atoms with Gasteiger partial charge in [0, 0.05) is 25.5 Å². The Morgan fingerprint density at radius 1 is 1.34 bits per heavy atom. The number of hydrogen-bond acceptors (Lipinski definition) is 7. The van der Waals surface area contributed by atoms with Gasteiger partial charge in [0.05, 0.1) is 12.4 Å². The van der Waals surface area contributed by atoms with Gasteiger partial charge in [-0.15, -0.1) is 10.2 Å². The van der Waals surface area contributed by atoms with Crippen molar-refractivity contribution >= 4 is 33.0 Å². The Bertz CT molecular complexity index is 1160. The molecule has 9 nitrogen and oxygen atoms in total. The number of nitrogens with one attached hydrogen (secondary N) is 1. The van der Waals surface area contributed by atoms with Crippen LogP contribution in [0.5, 0.6) is 0 Å². The molecule has 1 atom stereocenters. The minimum atomic E-state index is -3.78. The summed E-state index contributed by atoms with van der Waals surface area (Å²) in [6.45, 7) is 0.341. The largest absolute Gasteiger partial charge is 0.339 e. The highest BCUT2D eigenvalue weighted by atomic mass is 32.2. The first-order valence-electron chi connectivity index (χ1n) is 8.75. The molecule has 0 bridgehead atoms. The highest BCUT2D eigenvalue weighted by Crippen LogP contribution is 2.37. The number of anilines is 1. The third kappa shape index (κ3) is 3.91. The minimum absolute atomic E-state index is 0.0273. The molecule has 0 spiro atoms. The Kier molecular flexibility index (Phi) is 5.15. The number of nitrogens with zero attached hydrogens (tertiary/aromatic N) is 5. The predicted molar refractivity (Wildman–Crippen MR) is 103 cm³/mol. The minimum Gasteiger partial charge on any atom is -0.339 e. The summed E-state index contributed by atoms with van der Waals surface area (Å²) >= 11 is 1.02. The standard InChI is InChI=1S/C17H17FN6O3S2/c1-23-9-14(19-10-23)29(26,27)24-7-3-6-13(24)16-21-22-17(28-16)15(25)20-12-5-2-4-11(18)8-12/h2,4-5,8-10,13H,3,6-7H2,1H3,(H,20,25)/t13-/m1/s1. The van der Waals surface area contributed by atoms with Gasteiger partial charge in [0.1, 0.15) is 10.8 Å². The maximum atomic E-state index is 13.3. The lowest BCUT2D eigenvalue weighted by Crippen LogP contribution is -2.31. The average Bonchev–Trinajstić information content (AvgIpc) is 3.41. The monoisotopic (exact) mass is 436 g/mol. The van der Waals surface area contributed by atoms with E-state index in [1.165, 1.54) is 35.0 Å². The van der Waals surface area contributed by atoms with Crippen LogP contribution in [0.1, 0.15) is 33.7 Å². The van der Waals surface area contributed by atoms with E-state index in [1.807, 2.05) is 0 Å². The van der Waals surface area contributed by atoms with Crippen LogP contribution in [-0.4, -0.2) is 44.9 Å². The van der Waals surface area contributed by atoms with E-state index < -0.39 is 27.8 Å². The molecule has 0 unspecified atom stereocenters. The highest BCUT2D eigenvalue weighted by Gasteiger charge is 2.39. The Balaban J connectivity index is 1.54. The molecule has 1 aliphatic rings. The van der Waals surface area contributed by atoms with Crippen LogP contribution in [0.3, 0.4) is 0 Å². The number of benzene rings is 1. The van der Waals surface area contributed by atoms with Crippen molar-refractivity contribution < 1.29 is 17.6 Å². The van der Waals surface area contributed by atoms with E-state index in [0.29, 0.717) is 30.1 Å². The molecule has 152 valence electrons. The first kappa shape index (κ1) is 19.6. The number of carbonyl (C=O) groups is 1. The SMILES string of the molecule is Cn1cnc(S(=O)(=O)N2CCC[C@@H]2c2nnc(C(=O)Nc3cccc(F)c3)s2)c1. The van der Waals surface area contributed by atoms with Gasteiger partial charge in [-0.25, -0.2) is 17.8 Å². The quantitative estimate of drug-likeness (QED) is 0.657. The Hall–Kier alpha value is -2.70. The van der Waals surface area contributed by atoms with Gasteiger partial charge < -0.3 is 9.88 Å². The summed E-state index contributed by atoms with van der Waals surface area (Å²) in [7, 11) is -2.09. The Labute approximate surface area is 170 Å². The van der Waals surface area contributed by atoms with Crippen LogP contribution in [0.25, 0.3) is 0 Å². The molecule has 2 aromatic heterocycles. The van der Waals surface area contributed by atoms with Crippen LogP contribution < -0.4 is 5.32 Å². The molecule has 4 rings (SSSR count). The van der Waals surface area contributed by atoms with Crippen LogP contribution in [0, 0.1) is 5.82 Å². The molecule has 0 aliphatic carbocycles. The molecular formula is C17H17FN6O3S2.